The second kappa shape index (κ2) is 10.5. The normalized spacial score (nSPS) is 17.2. The zero-order valence-corrected chi connectivity index (χ0v) is 22.1. The number of para-hydroxylation sites is 1. The van der Waals surface area contributed by atoms with Crippen LogP contribution in [0.25, 0.3) is 11.7 Å². The van der Waals surface area contributed by atoms with E-state index in [1.807, 2.05) is 22.8 Å². The Balaban J connectivity index is 1.52. The summed E-state index contributed by atoms with van der Waals surface area (Å²) in [7, 11) is 0. The first-order chi connectivity index (χ1) is 18.2. The highest BCUT2D eigenvalue weighted by Crippen LogP contribution is 2.34. The van der Waals surface area contributed by atoms with E-state index in [1.165, 1.54) is 21.4 Å². The van der Waals surface area contributed by atoms with Crippen LogP contribution in [0.15, 0.2) is 52.3 Å². The van der Waals surface area contributed by atoms with Gasteiger partial charge in [0.2, 0.25) is 0 Å². The van der Waals surface area contributed by atoms with E-state index in [-0.39, 0.29) is 39.1 Å². The molecular weight excluding hydrogens is 529 g/mol. The Morgan fingerprint density at radius 1 is 1.13 bits per heavy atom. The van der Waals surface area contributed by atoms with Crippen LogP contribution in [-0.2, 0) is 9.59 Å². The van der Waals surface area contributed by atoms with E-state index in [4.69, 9.17) is 22.3 Å². The number of carbonyl (C=O) groups is 2. The lowest BCUT2D eigenvalue weighted by atomic mass is 10.2. The first kappa shape index (κ1) is 25.9. The summed E-state index contributed by atoms with van der Waals surface area (Å²) in [4.78, 5) is 48.0. The van der Waals surface area contributed by atoms with Crippen molar-refractivity contribution in [3.05, 3.63) is 74.8 Å². The molecule has 0 bridgehead atoms. The number of thioether (sulfide) groups is 1. The number of aromatic nitrogens is 2. The molecule has 4 heterocycles. The fraction of sp³-hybridized carbons (Fsp3) is 0.269. The van der Waals surface area contributed by atoms with Crippen molar-refractivity contribution in [1.82, 2.24) is 14.3 Å². The maximum atomic E-state index is 14.4. The van der Waals surface area contributed by atoms with Crippen molar-refractivity contribution in [2.45, 2.75) is 13.3 Å². The predicted octanol–water partition coefficient (Wildman–Crippen LogP) is 3.14. The predicted molar refractivity (Wildman–Crippen MR) is 149 cm³/mol. The van der Waals surface area contributed by atoms with Gasteiger partial charge in [-0.25, -0.2) is 9.37 Å². The SMILES string of the molecule is Cc1cccn2c(=O)c(/C=C3\SC(=S)N(CCC(=O)O)C3=O)c(N3CCN(c4ccccc4F)CC3)nc12. The lowest BCUT2D eigenvalue weighted by Crippen LogP contribution is -2.47. The lowest BCUT2D eigenvalue weighted by Gasteiger charge is -2.37. The van der Waals surface area contributed by atoms with E-state index in [0.29, 0.717) is 43.3 Å². The summed E-state index contributed by atoms with van der Waals surface area (Å²) in [6.45, 7) is 3.84. The fourth-order valence-electron chi connectivity index (χ4n) is 4.57. The smallest absolute Gasteiger partial charge is 0.305 e. The molecule has 1 amide bonds. The molecule has 0 aliphatic carbocycles. The molecule has 5 rings (SSSR count). The van der Waals surface area contributed by atoms with Crippen molar-refractivity contribution in [3.63, 3.8) is 0 Å². The largest absolute Gasteiger partial charge is 0.481 e. The molecule has 196 valence electrons. The summed E-state index contributed by atoms with van der Waals surface area (Å²) in [6.07, 6.45) is 2.90. The number of carboxylic acid groups (broad SMARTS) is 1. The van der Waals surface area contributed by atoms with Crippen molar-refractivity contribution in [1.29, 1.82) is 0 Å². The van der Waals surface area contributed by atoms with Crippen LogP contribution >= 0.6 is 24.0 Å². The Hall–Kier alpha value is -3.77. The molecule has 0 atom stereocenters. The molecule has 0 unspecified atom stereocenters. The van der Waals surface area contributed by atoms with Gasteiger partial charge in [-0.05, 0) is 36.8 Å². The minimum Gasteiger partial charge on any atom is -0.481 e. The maximum Gasteiger partial charge on any atom is 0.305 e. The Kier molecular flexibility index (Phi) is 7.17. The van der Waals surface area contributed by atoms with Crippen molar-refractivity contribution < 1.29 is 19.1 Å². The van der Waals surface area contributed by atoms with Crippen molar-refractivity contribution in [2.24, 2.45) is 0 Å². The van der Waals surface area contributed by atoms with Gasteiger partial charge in [0.25, 0.3) is 11.5 Å². The zero-order valence-electron chi connectivity index (χ0n) is 20.5. The van der Waals surface area contributed by atoms with E-state index in [0.717, 1.165) is 17.3 Å². The van der Waals surface area contributed by atoms with E-state index in [9.17, 15) is 18.8 Å². The number of hydrogen-bond acceptors (Lipinski definition) is 8. The van der Waals surface area contributed by atoms with Crippen LogP contribution in [0.3, 0.4) is 0 Å². The molecule has 2 aliphatic heterocycles. The second-order valence-corrected chi connectivity index (χ2v) is 10.6. The van der Waals surface area contributed by atoms with Crippen LogP contribution < -0.4 is 15.4 Å². The Labute approximate surface area is 227 Å². The number of aliphatic carboxylic acids is 1. The van der Waals surface area contributed by atoms with Gasteiger partial charge in [0.05, 0.1) is 22.6 Å². The first-order valence-corrected chi connectivity index (χ1v) is 13.2. The van der Waals surface area contributed by atoms with E-state index in [1.54, 1.807) is 30.5 Å². The van der Waals surface area contributed by atoms with Crippen LogP contribution in [0.1, 0.15) is 17.5 Å². The minimum atomic E-state index is -1.04. The minimum absolute atomic E-state index is 0.0453. The number of anilines is 2. The number of carbonyl (C=O) groups excluding carboxylic acids is 1. The third-order valence-electron chi connectivity index (χ3n) is 6.53. The van der Waals surface area contributed by atoms with Gasteiger partial charge in [-0.15, -0.1) is 0 Å². The van der Waals surface area contributed by atoms with Gasteiger partial charge in [-0.1, -0.05) is 42.2 Å². The highest BCUT2D eigenvalue weighted by atomic mass is 32.2. The fourth-order valence-corrected chi connectivity index (χ4v) is 5.86. The Bertz CT molecular complexity index is 1550. The quantitative estimate of drug-likeness (QED) is 0.365. The summed E-state index contributed by atoms with van der Waals surface area (Å²) in [5, 5.41) is 9.01. The number of amides is 1. The Morgan fingerprint density at radius 3 is 2.55 bits per heavy atom. The molecular formula is C26H24FN5O4S2. The van der Waals surface area contributed by atoms with Crippen LogP contribution in [0.2, 0.25) is 0 Å². The third kappa shape index (κ3) is 4.88. The van der Waals surface area contributed by atoms with Crippen LogP contribution in [0.4, 0.5) is 15.9 Å². The number of pyridine rings is 1. The summed E-state index contributed by atoms with van der Waals surface area (Å²) >= 11 is 6.34. The number of aryl methyl sites for hydroxylation is 1. The van der Waals surface area contributed by atoms with Crippen molar-refractivity contribution in [2.75, 3.05) is 42.5 Å². The number of thiocarbonyl (C=S) groups is 1. The monoisotopic (exact) mass is 553 g/mol. The van der Waals surface area contributed by atoms with E-state index >= 15 is 0 Å². The summed E-state index contributed by atoms with van der Waals surface area (Å²) in [5.74, 6) is -1.32. The molecule has 1 N–H and O–H groups in total. The molecule has 0 saturated carbocycles. The topological polar surface area (TPSA) is 98.5 Å². The van der Waals surface area contributed by atoms with Gasteiger partial charge in [-0.3, -0.25) is 23.7 Å². The molecule has 2 aromatic heterocycles. The molecule has 38 heavy (non-hydrogen) atoms. The number of fused-ring (bicyclic) bond motifs is 1. The van der Waals surface area contributed by atoms with Crippen LogP contribution in [-0.4, -0.2) is 68.3 Å². The molecule has 2 aliphatic rings. The number of piperazine rings is 1. The summed E-state index contributed by atoms with van der Waals surface area (Å²) < 4.78 is 16.0. The number of nitrogens with zero attached hydrogens (tertiary/aromatic N) is 5. The number of benzene rings is 1. The second-order valence-electron chi connectivity index (χ2n) is 8.94. The van der Waals surface area contributed by atoms with Crippen molar-refractivity contribution >= 4 is 63.4 Å². The van der Waals surface area contributed by atoms with E-state index in [2.05, 4.69) is 0 Å². The average Bonchev–Trinajstić information content (AvgIpc) is 3.17. The number of carboxylic acids is 1. The molecule has 3 aromatic rings. The lowest BCUT2D eigenvalue weighted by molar-refractivity contribution is -0.137. The number of rotatable bonds is 6. The van der Waals surface area contributed by atoms with Gasteiger partial charge < -0.3 is 14.9 Å². The van der Waals surface area contributed by atoms with E-state index < -0.39 is 11.9 Å². The molecule has 2 fully saturated rings. The molecule has 9 nitrogen and oxygen atoms in total. The van der Waals surface area contributed by atoms with Crippen LogP contribution in [0.5, 0.6) is 0 Å². The average molecular weight is 554 g/mol. The zero-order chi connectivity index (χ0) is 27.0. The molecule has 0 radical (unpaired) electrons. The van der Waals surface area contributed by atoms with Gasteiger partial charge in [0.1, 0.15) is 21.6 Å². The van der Waals surface area contributed by atoms with Gasteiger partial charge >= 0.3 is 5.97 Å². The van der Waals surface area contributed by atoms with Crippen LogP contribution in [0, 0.1) is 12.7 Å². The number of hydrogen-bond donors (Lipinski definition) is 1. The summed E-state index contributed by atoms with van der Waals surface area (Å²) in [6, 6.07) is 10.3. The molecule has 2 saturated heterocycles. The van der Waals surface area contributed by atoms with Gasteiger partial charge in [0.15, 0.2) is 0 Å². The highest BCUT2D eigenvalue weighted by molar-refractivity contribution is 8.26. The Morgan fingerprint density at radius 2 is 1.84 bits per heavy atom. The maximum absolute atomic E-state index is 14.4. The highest BCUT2D eigenvalue weighted by Gasteiger charge is 2.33. The number of halogens is 1. The molecule has 0 spiro atoms. The van der Waals surface area contributed by atoms with Crippen molar-refractivity contribution in [3.8, 4) is 0 Å². The van der Waals surface area contributed by atoms with Gasteiger partial charge in [0, 0.05) is 38.9 Å². The molecule has 12 heteroatoms. The molecule has 1 aromatic carbocycles. The van der Waals surface area contributed by atoms with Gasteiger partial charge in [-0.2, -0.15) is 0 Å². The first-order valence-electron chi connectivity index (χ1n) is 12.0. The summed E-state index contributed by atoms with van der Waals surface area (Å²) in [5.41, 5.74) is 1.77. The third-order valence-corrected chi connectivity index (χ3v) is 7.91. The standard InChI is InChI=1S/C26H24FN5O4S2/c1-16-5-4-9-31-22(16)28-23(30-13-11-29(12-14-30)19-7-3-2-6-18(19)27)17(24(31)35)15-20-25(36)32(26(37)38-20)10-8-21(33)34/h2-7,9,15H,8,10-14H2,1H3,(H,33,34)/b20-15-.